The van der Waals surface area contributed by atoms with E-state index in [-0.39, 0.29) is 0 Å². The SMILES string of the molecule is CC.COc1ccc(N(C)c2ccc(C)cc2)cc1.Cc1ccccc1. The van der Waals surface area contributed by atoms with Gasteiger partial charge in [0.05, 0.1) is 7.11 Å². The molecule has 0 N–H and O–H groups in total. The number of methoxy groups -OCH3 is 1. The summed E-state index contributed by atoms with van der Waals surface area (Å²) in [6.45, 7) is 8.18. The van der Waals surface area contributed by atoms with Gasteiger partial charge in [0.2, 0.25) is 0 Å². The van der Waals surface area contributed by atoms with Crippen LogP contribution in [0.5, 0.6) is 5.75 Å². The summed E-state index contributed by atoms with van der Waals surface area (Å²) in [7, 11) is 3.74. The second-order valence-electron chi connectivity index (χ2n) is 5.75. The van der Waals surface area contributed by atoms with Crippen molar-refractivity contribution in [3.05, 3.63) is 90.0 Å². The molecule has 0 fully saturated rings. The standard InChI is InChI=1S/C15H17NO.C7H8.C2H6/c1-12-4-6-13(7-5-12)16(2)14-8-10-15(17-3)11-9-14;1-7-5-3-2-4-6-7;1-2/h4-11H,1-3H3;2-6H,1H3;1-2H3. The Labute approximate surface area is 159 Å². The number of ether oxygens (including phenoxy) is 1. The molecule has 0 saturated heterocycles. The fraction of sp³-hybridized carbons (Fsp3) is 0.250. The fourth-order valence-electron chi connectivity index (χ4n) is 2.26. The van der Waals surface area contributed by atoms with E-state index in [2.05, 4.69) is 74.3 Å². The van der Waals surface area contributed by atoms with E-state index < -0.39 is 0 Å². The van der Waals surface area contributed by atoms with Crippen molar-refractivity contribution in [3.63, 3.8) is 0 Å². The molecule has 0 atom stereocenters. The summed E-state index contributed by atoms with van der Waals surface area (Å²) in [6, 6.07) is 26.8. The molecule has 0 radical (unpaired) electrons. The Morgan fingerprint density at radius 3 is 1.42 bits per heavy atom. The first-order chi connectivity index (χ1) is 12.6. The van der Waals surface area contributed by atoms with Crippen molar-refractivity contribution >= 4 is 11.4 Å². The van der Waals surface area contributed by atoms with Gasteiger partial charge in [0.25, 0.3) is 0 Å². The Bertz CT molecular complexity index is 718. The van der Waals surface area contributed by atoms with Crippen LogP contribution in [0.3, 0.4) is 0 Å². The van der Waals surface area contributed by atoms with Crippen molar-refractivity contribution in [1.29, 1.82) is 0 Å². The predicted molar refractivity (Wildman–Crippen MR) is 115 cm³/mol. The molecule has 3 aromatic carbocycles. The van der Waals surface area contributed by atoms with Crippen LogP contribution in [0.1, 0.15) is 25.0 Å². The molecule has 0 bridgehead atoms. The van der Waals surface area contributed by atoms with Gasteiger partial charge in [-0.05, 0) is 50.2 Å². The average molecular weight is 350 g/mol. The van der Waals surface area contributed by atoms with Crippen molar-refractivity contribution in [2.24, 2.45) is 0 Å². The number of anilines is 2. The Balaban J connectivity index is 0.000000313. The lowest BCUT2D eigenvalue weighted by Gasteiger charge is -2.19. The minimum atomic E-state index is 0.881. The van der Waals surface area contributed by atoms with Gasteiger partial charge in [-0.25, -0.2) is 0 Å². The van der Waals surface area contributed by atoms with Crippen LogP contribution in [-0.2, 0) is 0 Å². The molecule has 0 saturated carbocycles. The minimum Gasteiger partial charge on any atom is -0.497 e. The first kappa shape index (κ1) is 21.3. The van der Waals surface area contributed by atoms with Gasteiger partial charge in [-0.3, -0.25) is 0 Å². The van der Waals surface area contributed by atoms with Crippen molar-refractivity contribution in [2.75, 3.05) is 19.1 Å². The first-order valence-corrected chi connectivity index (χ1v) is 9.06. The summed E-state index contributed by atoms with van der Waals surface area (Å²) in [4.78, 5) is 2.15. The third kappa shape index (κ3) is 7.02. The summed E-state index contributed by atoms with van der Waals surface area (Å²) in [6.07, 6.45) is 0. The number of benzene rings is 3. The minimum absolute atomic E-state index is 0.881. The number of aryl methyl sites for hydroxylation is 2. The zero-order valence-electron chi connectivity index (χ0n) is 16.9. The van der Waals surface area contributed by atoms with E-state index >= 15 is 0 Å². The van der Waals surface area contributed by atoms with Crippen molar-refractivity contribution in [1.82, 2.24) is 0 Å². The van der Waals surface area contributed by atoms with Gasteiger partial charge in [-0.15, -0.1) is 0 Å². The molecule has 0 aliphatic heterocycles. The first-order valence-electron chi connectivity index (χ1n) is 9.06. The number of nitrogens with zero attached hydrogens (tertiary/aromatic N) is 1. The maximum absolute atomic E-state index is 5.15. The number of hydrogen-bond acceptors (Lipinski definition) is 2. The van der Waals surface area contributed by atoms with Gasteiger partial charge in [-0.2, -0.15) is 0 Å². The molecular weight excluding hydrogens is 318 g/mol. The van der Waals surface area contributed by atoms with Gasteiger partial charge >= 0.3 is 0 Å². The molecule has 0 aliphatic rings. The van der Waals surface area contributed by atoms with Crippen LogP contribution in [0.25, 0.3) is 0 Å². The molecular formula is C24H31NO. The van der Waals surface area contributed by atoms with E-state index in [1.165, 1.54) is 16.8 Å². The zero-order valence-corrected chi connectivity index (χ0v) is 16.9. The highest BCUT2D eigenvalue weighted by Crippen LogP contribution is 2.25. The van der Waals surface area contributed by atoms with E-state index in [9.17, 15) is 0 Å². The third-order valence-electron chi connectivity index (χ3n) is 3.82. The van der Waals surface area contributed by atoms with Crippen LogP contribution >= 0.6 is 0 Å². The second kappa shape index (κ2) is 11.8. The summed E-state index contributed by atoms with van der Waals surface area (Å²) in [5.41, 5.74) is 4.93. The van der Waals surface area contributed by atoms with Crippen molar-refractivity contribution in [3.8, 4) is 5.75 Å². The van der Waals surface area contributed by atoms with E-state index in [1.54, 1.807) is 7.11 Å². The lowest BCUT2D eigenvalue weighted by molar-refractivity contribution is 0.415. The van der Waals surface area contributed by atoms with Crippen molar-refractivity contribution in [2.45, 2.75) is 27.7 Å². The van der Waals surface area contributed by atoms with E-state index in [0.29, 0.717) is 0 Å². The third-order valence-corrected chi connectivity index (χ3v) is 3.82. The summed E-state index contributed by atoms with van der Waals surface area (Å²) in [5.74, 6) is 0.881. The Morgan fingerprint density at radius 1 is 0.615 bits per heavy atom. The predicted octanol–water partition coefficient (Wildman–Crippen LogP) is 6.79. The Kier molecular flexibility index (Phi) is 9.63. The largest absolute Gasteiger partial charge is 0.497 e. The molecule has 2 nitrogen and oxygen atoms in total. The molecule has 3 rings (SSSR count). The highest BCUT2D eigenvalue weighted by atomic mass is 16.5. The topological polar surface area (TPSA) is 12.5 Å². The molecule has 3 aromatic rings. The lowest BCUT2D eigenvalue weighted by Crippen LogP contribution is -2.08. The lowest BCUT2D eigenvalue weighted by atomic mass is 10.2. The van der Waals surface area contributed by atoms with E-state index in [1.807, 2.05) is 44.2 Å². The quantitative estimate of drug-likeness (QED) is 0.516. The van der Waals surface area contributed by atoms with Gasteiger partial charge in [0.15, 0.2) is 0 Å². The van der Waals surface area contributed by atoms with Crippen LogP contribution in [0.4, 0.5) is 11.4 Å². The molecule has 0 amide bonds. The van der Waals surface area contributed by atoms with Gasteiger partial charge < -0.3 is 9.64 Å². The van der Waals surface area contributed by atoms with Crippen LogP contribution < -0.4 is 9.64 Å². The van der Waals surface area contributed by atoms with Crippen LogP contribution in [0.15, 0.2) is 78.9 Å². The smallest absolute Gasteiger partial charge is 0.119 e. The summed E-state index contributed by atoms with van der Waals surface area (Å²) < 4.78 is 5.15. The monoisotopic (exact) mass is 349 g/mol. The van der Waals surface area contributed by atoms with Gasteiger partial charge in [-0.1, -0.05) is 67.4 Å². The van der Waals surface area contributed by atoms with Crippen LogP contribution in [0.2, 0.25) is 0 Å². The fourth-order valence-corrected chi connectivity index (χ4v) is 2.26. The summed E-state index contributed by atoms with van der Waals surface area (Å²) in [5, 5.41) is 0. The maximum Gasteiger partial charge on any atom is 0.119 e. The second-order valence-corrected chi connectivity index (χ2v) is 5.75. The molecule has 0 aliphatic carbocycles. The van der Waals surface area contributed by atoms with E-state index in [0.717, 1.165) is 11.4 Å². The molecule has 0 spiro atoms. The van der Waals surface area contributed by atoms with E-state index in [4.69, 9.17) is 4.74 Å². The number of hydrogen-bond donors (Lipinski definition) is 0. The van der Waals surface area contributed by atoms with Crippen LogP contribution in [0, 0.1) is 13.8 Å². The Hall–Kier alpha value is -2.74. The van der Waals surface area contributed by atoms with Crippen LogP contribution in [-0.4, -0.2) is 14.2 Å². The molecule has 2 heteroatoms. The highest BCUT2D eigenvalue weighted by Gasteiger charge is 2.03. The zero-order chi connectivity index (χ0) is 19.4. The maximum atomic E-state index is 5.15. The van der Waals surface area contributed by atoms with Gasteiger partial charge in [0, 0.05) is 18.4 Å². The normalized spacial score (nSPS) is 9.15. The summed E-state index contributed by atoms with van der Waals surface area (Å²) >= 11 is 0. The molecule has 0 heterocycles. The molecule has 0 aromatic heterocycles. The molecule has 26 heavy (non-hydrogen) atoms. The van der Waals surface area contributed by atoms with Crippen molar-refractivity contribution < 1.29 is 4.74 Å². The highest BCUT2D eigenvalue weighted by molar-refractivity contribution is 5.63. The average Bonchev–Trinajstić information content (AvgIpc) is 2.71. The molecule has 138 valence electrons. The molecule has 0 unspecified atom stereocenters. The number of rotatable bonds is 3. The van der Waals surface area contributed by atoms with Gasteiger partial charge in [0.1, 0.15) is 5.75 Å². The Morgan fingerprint density at radius 2 is 1.04 bits per heavy atom.